The van der Waals surface area contributed by atoms with Crippen molar-refractivity contribution in [3.05, 3.63) is 52.5 Å². The van der Waals surface area contributed by atoms with Crippen LogP contribution in [-0.4, -0.2) is 14.2 Å². The number of nitriles is 1. The number of benzene rings is 2. The minimum atomic E-state index is 0.293. The SMILES string of the molecule is COc1cc(OC)cc(OCc2ccc(C#N)cc2Cl)c1. The summed E-state index contributed by atoms with van der Waals surface area (Å²) in [6.07, 6.45) is 0. The molecule has 0 bridgehead atoms. The van der Waals surface area contributed by atoms with Gasteiger partial charge in [0.05, 0.1) is 25.9 Å². The molecule has 0 heterocycles. The molecule has 0 aliphatic carbocycles. The molecule has 0 spiro atoms. The molecule has 0 unspecified atom stereocenters. The molecule has 2 aromatic rings. The van der Waals surface area contributed by atoms with Gasteiger partial charge in [0.1, 0.15) is 23.9 Å². The van der Waals surface area contributed by atoms with Crippen LogP contribution in [-0.2, 0) is 6.61 Å². The molecule has 0 aliphatic heterocycles. The average molecular weight is 304 g/mol. The van der Waals surface area contributed by atoms with Crippen molar-refractivity contribution in [3.63, 3.8) is 0 Å². The zero-order chi connectivity index (χ0) is 15.2. The van der Waals surface area contributed by atoms with Crippen molar-refractivity contribution in [3.8, 4) is 23.3 Å². The Morgan fingerprint density at radius 2 is 1.62 bits per heavy atom. The first-order chi connectivity index (χ1) is 10.2. The van der Waals surface area contributed by atoms with Crippen LogP contribution >= 0.6 is 11.6 Å². The van der Waals surface area contributed by atoms with E-state index in [1.165, 1.54) is 0 Å². The summed E-state index contributed by atoms with van der Waals surface area (Å²) in [5, 5.41) is 9.31. The van der Waals surface area contributed by atoms with Gasteiger partial charge in [-0.15, -0.1) is 0 Å². The van der Waals surface area contributed by atoms with E-state index in [2.05, 4.69) is 0 Å². The second-order valence-electron chi connectivity index (χ2n) is 4.26. The number of halogens is 1. The normalized spacial score (nSPS) is 9.81. The van der Waals surface area contributed by atoms with Gasteiger partial charge in [-0.25, -0.2) is 0 Å². The van der Waals surface area contributed by atoms with Gasteiger partial charge >= 0.3 is 0 Å². The molecule has 0 aromatic heterocycles. The van der Waals surface area contributed by atoms with Crippen LogP contribution in [0.3, 0.4) is 0 Å². The van der Waals surface area contributed by atoms with E-state index in [0.717, 1.165) is 5.56 Å². The quantitative estimate of drug-likeness (QED) is 0.843. The van der Waals surface area contributed by atoms with Crippen LogP contribution in [0.1, 0.15) is 11.1 Å². The molecule has 2 aromatic carbocycles. The minimum absolute atomic E-state index is 0.293. The van der Waals surface area contributed by atoms with Crippen LogP contribution in [0.15, 0.2) is 36.4 Å². The van der Waals surface area contributed by atoms with Gasteiger partial charge in [0.2, 0.25) is 0 Å². The molecule has 108 valence electrons. The van der Waals surface area contributed by atoms with Crippen LogP contribution in [0, 0.1) is 11.3 Å². The molecule has 0 radical (unpaired) electrons. The molecule has 4 nitrogen and oxygen atoms in total. The predicted octanol–water partition coefficient (Wildman–Crippen LogP) is 3.81. The summed E-state index contributed by atoms with van der Waals surface area (Å²) in [6.45, 7) is 0.293. The number of methoxy groups -OCH3 is 2. The first-order valence-corrected chi connectivity index (χ1v) is 6.58. The third kappa shape index (κ3) is 3.80. The molecule has 21 heavy (non-hydrogen) atoms. The summed E-state index contributed by atoms with van der Waals surface area (Å²) >= 11 is 6.11. The van der Waals surface area contributed by atoms with Crippen LogP contribution in [0.5, 0.6) is 17.2 Å². The molecule has 0 saturated heterocycles. The Morgan fingerprint density at radius 1 is 1.00 bits per heavy atom. The average Bonchev–Trinajstić information content (AvgIpc) is 2.53. The predicted molar refractivity (Wildman–Crippen MR) is 80.0 cm³/mol. The van der Waals surface area contributed by atoms with Gasteiger partial charge < -0.3 is 14.2 Å². The molecule has 0 N–H and O–H groups in total. The standard InChI is InChI=1S/C16H14ClNO3/c1-19-13-6-14(20-2)8-15(7-13)21-10-12-4-3-11(9-18)5-16(12)17/h3-8H,10H2,1-2H3. The largest absolute Gasteiger partial charge is 0.496 e. The van der Waals surface area contributed by atoms with E-state index in [0.29, 0.717) is 34.4 Å². The molecule has 0 saturated carbocycles. The molecular weight excluding hydrogens is 290 g/mol. The highest BCUT2D eigenvalue weighted by atomic mass is 35.5. The van der Waals surface area contributed by atoms with Crippen LogP contribution < -0.4 is 14.2 Å². The van der Waals surface area contributed by atoms with Crippen molar-refractivity contribution in [2.24, 2.45) is 0 Å². The zero-order valence-corrected chi connectivity index (χ0v) is 12.5. The summed E-state index contributed by atoms with van der Waals surface area (Å²) in [5.41, 5.74) is 1.32. The van der Waals surface area contributed by atoms with Crippen LogP contribution in [0.25, 0.3) is 0 Å². The van der Waals surface area contributed by atoms with E-state index in [4.69, 9.17) is 31.1 Å². The Balaban J connectivity index is 2.14. The molecule has 0 fully saturated rings. The van der Waals surface area contributed by atoms with Gasteiger partial charge in [0.15, 0.2) is 0 Å². The van der Waals surface area contributed by atoms with Gasteiger partial charge in [-0.2, -0.15) is 5.26 Å². The third-order valence-electron chi connectivity index (χ3n) is 2.90. The van der Waals surface area contributed by atoms with Gasteiger partial charge in [0, 0.05) is 28.8 Å². The maximum Gasteiger partial charge on any atom is 0.127 e. The Hall–Kier alpha value is -2.38. The molecular formula is C16H14ClNO3. The third-order valence-corrected chi connectivity index (χ3v) is 3.25. The molecule has 0 aliphatic rings. The fourth-order valence-corrected chi connectivity index (χ4v) is 1.99. The van der Waals surface area contributed by atoms with Gasteiger partial charge in [-0.1, -0.05) is 17.7 Å². The number of ether oxygens (including phenoxy) is 3. The lowest BCUT2D eigenvalue weighted by atomic mass is 10.1. The number of hydrogen-bond acceptors (Lipinski definition) is 4. The minimum Gasteiger partial charge on any atom is -0.496 e. The maximum absolute atomic E-state index is 8.81. The van der Waals surface area contributed by atoms with Gasteiger partial charge in [-0.3, -0.25) is 0 Å². The Labute approximate surface area is 128 Å². The summed E-state index contributed by atoms with van der Waals surface area (Å²) in [5.74, 6) is 1.91. The zero-order valence-electron chi connectivity index (χ0n) is 11.7. The summed E-state index contributed by atoms with van der Waals surface area (Å²) in [6, 6.07) is 12.4. The molecule has 0 amide bonds. The lowest BCUT2D eigenvalue weighted by molar-refractivity contribution is 0.300. The van der Waals surface area contributed by atoms with E-state index >= 15 is 0 Å². The van der Waals surface area contributed by atoms with Crippen LogP contribution in [0.2, 0.25) is 5.02 Å². The van der Waals surface area contributed by atoms with E-state index in [1.807, 2.05) is 6.07 Å². The maximum atomic E-state index is 8.81. The summed E-state index contributed by atoms with van der Waals surface area (Å²) in [4.78, 5) is 0. The van der Waals surface area contributed by atoms with Crippen molar-refractivity contribution in [2.75, 3.05) is 14.2 Å². The molecule has 5 heteroatoms. The molecule has 0 atom stereocenters. The van der Waals surface area contributed by atoms with Crippen molar-refractivity contribution >= 4 is 11.6 Å². The second-order valence-corrected chi connectivity index (χ2v) is 4.66. The lowest BCUT2D eigenvalue weighted by Gasteiger charge is -2.11. The number of rotatable bonds is 5. The highest BCUT2D eigenvalue weighted by Crippen LogP contribution is 2.28. The topological polar surface area (TPSA) is 51.5 Å². The Kier molecular flexibility index (Phi) is 4.91. The number of hydrogen-bond donors (Lipinski definition) is 0. The first kappa shape index (κ1) is 15.0. The number of nitrogens with zero attached hydrogens (tertiary/aromatic N) is 1. The fourth-order valence-electron chi connectivity index (χ4n) is 1.76. The smallest absolute Gasteiger partial charge is 0.127 e. The van der Waals surface area contributed by atoms with E-state index < -0.39 is 0 Å². The highest BCUT2D eigenvalue weighted by molar-refractivity contribution is 6.31. The Morgan fingerprint density at radius 3 is 2.14 bits per heavy atom. The summed E-state index contributed by atoms with van der Waals surface area (Å²) in [7, 11) is 3.16. The lowest BCUT2D eigenvalue weighted by Crippen LogP contribution is -1.98. The van der Waals surface area contributed by atoms with Gasteiger partial charge in [-0.05, 0) is 12.1 Å². The van der Waals surface area contributed by atoms with E-state index in [-0.39, 0.29) is 0 Å². The van der Waals surface area contributed by atoms with Crippen LogP contribution in [0.4, 0.5) is 0 Å². The fraction of sp³-hybridized carbons (Fsp3) is 0.188. The highest BCUT2D eigenvalue weighted by Gasteiger charge is 2.06. The summed E-state index contributed by atoms with van der Waals surface area (Å²) < 4.78 is 16.1. The van der Waals surface area contributed by atoms with Crippen molar-refractivity contribution in [1.29, 1.82) is 5.26 Å². The first-order valence-electron chi connectivity index (χ1n) is 6.20. The van der Waals surface area contributed by atoms with Gasteiger partial charge in [0.25, 0.3) is 0 Å². The van der Waals surface area contributed by atoms with E-state index in [1.54, 1.807) is 50.6 Å². The Bertz CT molecular complexity index is 657. The van der Waals surface area contributed by atoms with Crippen molar-refractivity contribution < 1.29 is 14.2 Å². The monoisotopic (exact) mass is 303 g/mol. The van der Waals surface area contributed by atoms with Crippen molar-refractivity contribution in [1.82, 2.24) is 0 Å². The molecule has 2 rings (SSSR count). The van der Waals surface area contributed by atoms with Crippen molar-refractivity contribution in [2.45, 2.75) is 6.61 Å². The van der Waals surface area contributed by atoms with E-state index in [9.17, 15) is 0 Å². The second kappa shape index (κ2) is 6.87.